The Bertz CT molecular complexity index is 325. The SMILES string of the molecule is CCCCCSc1ncc(C=O)cc1C. The minimum atomic E-state index is 0.658. The second-order valence-electron chi connectivity index (χ2n) is 3.56. The highest BCUT2D eigenvalue weighted by molar-refractivity contribution is 7.99. The van der Waals surface area contributed by atoms with Gasteiger partial charge in [0, 0.05) is 11.8 Å². The molecule has 0 aliphatic rings. The summed E-state index contributed by atoms with van der Waals surface area (Å²) < 4.78 is 0. The number of carbonyl (C=O) groups is 1. The molecule has 0 aromatic carbocycles. The zero-order valence-corrected chi connectivity index (χ0v) is 10.1. The van der Waals surface area contributed by atoms with E-state index in [0.29, 0.717) is 5.56 Å². The van der Waals surface area contributed by atoms with E-state index in [1.54, 1.807) is 18.0 Å². The summed E-state index contributed by atoms with van der Waals surface area (Å²) in [4.78, 5) is 14.8. The summed E-state index contributed by atoms with van der Waals surface area (Å²) in [6.45, 7) is 4.20. The summed E-state index contributed by atoms with van der Waals surface area (Å²) in [7, 11) is 0. The Morgan fingerprint density at radius 1 is 1.47 bits per heavy atom. The van der Waals surface area contributed by atoms with Crippen LogP contribution in [0.15, 0.2) is 17.3 Å². The van der Waals surface area contributed by atoms with Crippen LogP contribution in [0.1, 0.15) is 42.1 Å². The van der Waals surface area contributed by atoms with Crippen molar-refractivity contribution in [1.29, 1.82) is 0 Å². The van der Waals surface area contributed by atoms with Gasteiger partial charge in [0.15, 0.2) is 6.29 Å². The van der Waals surface area contributed by atoms with Gasteiger partial charge in [0.05, 0.1) is 5.03 Å². The number of hydrogen-bond donors (Lipinski definition) is 0. The molecule has 0 atom stereocenters. The first-order valence-electron chi connectivity index (χ1n) is 5.32. The first kappa shape index (κ1) is 12.2. The Morgan fingerprint density at radius 2 is 2.27 bits per heavy atom. The lowest BCUT2D eigenvalue weighted by Crippen LogP contribution is -1.91. The van der Waals surface area contributed by atoms with Gasteiger partial charge in [-0.25, -0.2) is 4.98 Å². The lowest BCUT2D eigenvalue weighted by Gasteiger charge is -2.04. The molecular formula is C12H17NOS. The molecule has 1 rings (SSSR count). The Balaban J connectivity index is 2.50. The lowest BCUT2D eigenvalue weighted by molar-refractivity contribution is 0.112. The molecule has 0 aliphatic heterocycles. The largest absolute Gasteiger partial charge is 0.298 e. The van der Waals surface area contributed by atoms with E-state index in [1.807, 2.05) is 13.0 Å². The molecule has 15 heavy (non-hydrogen) atoms. The van der Waals surface area contributed by atoms with Crippen LogP contribution in [-0.2, 0) is 0 Å². The molecule has 1 heterocycles. The van der Waals surface area contributed by atoms with Gasteiger partial charge in [0.25, 0.3) is 0 Å². The van der Waals surface area contributed by atoms with Crippen LogP contribution in [0.5, 0.6) is 0 Å². The van der Waals surface area contributed by atoms with Crippen LogP contribution in [0, 0.1) is 6.92 Å². The molecule has 0 fully saturated rings. The smallest absolute Gasteiger partial charge is 0.151 e. The molecule has 1 aromatic heterocycles. The third-order valence-electron chi connectivity index (χ3n) is 2.17. The van der Waals surface area contributed by atoms with Gasteiger partial charge < -0.3 is 0 Å². The van der Waals surface area contributed by atoms with E-state index in [-0.39, 0.29) is 0 Å². The summed E-state index contributed by atoms with van der Waals surface area (Å²) in [5, 5.41) is 1.05. The van der Waals surface area contributed by atoms with Crippen molar-refractivity contribution in [3.05, 3.63) is 23.4 Å². The highest BCUT2D eigenvalue weighted by Gasteiger charge is 2.01. The van der Waals surface area contributed by atoms with Crippen molar-refractivity contribution >= 4 is 18.0 Å². The van der Waals surface area contributed by atoms with E-state index < -0.39 is 0 Å². The summed E-state index contributed by atoms with van der Waals surface area (Å²) in [5.41, 5.74) is 1.76. The van der Waals surface area contributed by atoms with E-state index in [2.05, 4.69) is 11.9 Å². The van der Waals surface area contributed by atoms with Crippen molar-refractivity contribution in [1.82, 2.24) is 4.98 Å². The number of thioether (sulfide) groups is 1. The topological polar surface area (TPSA) is 30.0 Å². The maximum absolute atomic E-state index is 10.5. The predicted molar refractivity (Wildman–Crippen MR) is 64.6 cm³/mol. The normalized spacial score (nSPS) is 10.3. The molecule has 0 saturated carbocycles. The van der Waals surface area contributed by atoms with Gasteiger partial charge in [0.1, 0.15) is 0 Å². The van der Waals surface area contributed by atoms with Crippen LogP contribution in [-0.4, -0.2) is 17.0 Å². The van der Waals surface area contributed by atoms with E-state index in [0.717, 1.165) is 22.6 Å². The fourth-order valence-electron chi connectivity index (χ4n) is 1.32. The molecule has 0 spiro atoms. The Kier molecular flexibility index (Phi) is 5.40. The fraction of sp³-hybridized carbons (Fsp3) is 0.500. The maximum Gasteiger partial charge on any atom is 0.151 e. The molecule has 0 N–H and O–H groups in total. The summed E-state index contributed by atoms with van der Waals surface area (Å²) >= 11 is 1.78. The van der Waals surface area contributed by atoms with Crippen LogP contribution in [0.25, 0.3) is 0 Å². The van der Waals surface area contributed by atoms with Gasteiger partial charge in [-0.05, 0) is 30.7 Å². The van der Waals surface area contributed by atoms with Crippen LogP contribution >= 0.6 is 11.8 Å². The van der Waals surface area contributed by atoms with E-state index >= 15 is 0 Å². The zero-order valence-electron chi connectivity index (χ0n) is 9.32. The van der Waals surface area contributed by atoms with Gasteiger partial charge >= 0.3 is 0 Å². The molecule has 0 amide bonds. The molecule has 0 unspecified atom stereocenters. The van der Waals surface area contributed by atoms with Gasteiger partial charge in [-0.2, -0.15) is 0 Å². The maximum atomic E-state index is 10.5. The highest BCUT2D eigenvalue weighted by Crippen LogP contribution is 2.21. The molecule has 2 nitrogen and oxygen atoms in total. The first-order valence-corrected chi connectivity index (χ1v) is 6.31. The molecule has 0 bridgehead atoms. The molecule has 0 saturated heterocycles. The van der Waals surface area contributed by atoms with E-state index in [9.17, 15) is 4.79 Å². The number of rotatable bonds is 6. The molecule has 3 heteroatoms. The van der Waals surface area contributed by atoms with E-state index in [4.69, 9.17) is 0 Å². The highest BCUT2D eigenvalue weighted by atomic mass is 32.2. The number of aryl methyl sites for hydroxylation is 1. The summed E-state index contributed by atoms with van der Waals surface area (Å²) in [6.07, 6.45) is 6.24. The molecular weight excluding hydrogens is 206 g/mol. The third kappa shape index (κ3) is 4.04. The summed E-state index contributed by atoms with van der Waals surface area (Å²) in [6, 6.07) is 1.89. The summed E-state index contributed by atoms with van der Waals surface area (Å²) in [5.74, 6) is 1.11. The third-order valence-corrected chi connectivity index (χ3v) is 3.37. The fourth-order valence-corrected chi connectivity index (χ4v) is 2.28. The van der Waals surface area contributed by atoms with Gasteiger partial charge in [-0.3, -0.25) is 4.79 Å². The van der Waals surface area contributed by atoms with Crippen molar-refractivity contribution in [3.8, 4) is 0 Å². The Hall–Kier alpha value is -0.830. The van der Waals surface area contributed by atoms with E-state index in [1.165, 1.54) is 19.3 Å². The average Bonchev–Trinajstić information content (AvgIpc) is 2.26. The molecule has 82 valence electrons. The van der Waals surface area contributed by atoms with Crippen molar-refractivity contribution in [2.75, 3.05) is 5.75 Å². The molecule has 0 aliphatic carbocycles. The zero-order chi connectivity index (χ0) is 11.1. The Morgan fingerprint density at radius 3 is 2.87 bits per heavy atom. The second-order valence-corrected chi connectivity index (χ2v) is 4.65. The van der Waals surface area contributed by atoms with Crippen molar-refractivity contribution in [3.63, 3.8) is 0 Å². The minimum absolute atomic E-state index is 0.658. The molecule has 1 aromatic rings. The van der Waals surface area contributed by atoms with Gasteiger partial charge in [-0.1, -0.05) is 19.8 Å². The van der Waals surface area contributed by atoms with Crippen LogP contribution in [0.2, 0.25) is 0 Å². The van der Waals surface area contributed by atoms with Crippen molar-refractivity contribution in [2.24, 2.45) is 0 Å². The standard InChI is InChI=1S/C12H17NOS/c1-3-4-5-6-15-12-10(2)7-11(9-14)8-13-12/h7-9H,3-6H2,1-2H3. The second kappa shape index (κ2) is 6.62. The van der Waals surface area contributed by atoms with Crippen molar-refractivity contribution in [2.45, 2.75) is 38.1 Å². The number of carbonyl (C=O) groups excluding carboxylic acids is 1. The van der Waals surface area contributed by atoms with Crippen molar-refractivity contribution < 1.29 is 4.79 Å². The first-order chi connectivity index (χ1) is 7.27. The van der Waals surface area contributed by atoms with Crippen LogP contribution < -0.4 is 0 Å². The average molecular weight is 223 g/mol. The number of aldehydes is 1. The monoisotopic (exact) mass is 223 g/mol. The quantitative estimate of drug-likeness (QED) is 0.420. The van der Waals surface area contributed by atoms with Gasteiger partial charge in [0.2, 0.25) is 0 Å². The Labute approximate surface area is 95.5 Å². The number of pyridine rings is 1. The number of unbranched alkanes of at least 4 members (excludes halogenated alkanes) is 2. The lowest BCUT2D eigenvalue weighted by atomic mass is 10.2. The van der Waals surface area contributed by atoms with Crippen LogP contribution in [0.3, 0.4) is 0 Å². The van der Waals surface area contributed by atoms with Gasteiger partial charge in [-0.15, -0.1) is 11.8 Å². The number of nitrogens with zero attached hydrogens (tertiary/aromatic N) is 1. The molecule has 0 radical (unpaired) electrons. The minimum Gasteiger partial charge on any atom is -0.298 e. The predicted octanol–water partition coefficient (Wildman–Crippen LogP) is 3.48. The number of hydrogen-bond acceptors (Lipinski definition) is 3. The van der Waals surface area contributed by atoms with Crippen LogP contribution in [0.4, 0.5) is 0 Å². The number of aromatic nitrogens is 1.